The zero-order chi connectivity index (χ0) is 18.5. The van der Waals surface area contributed by atoms with E-state index in [0.29, 0.717) is 64.3 Å². The van der Waals surface area contributed by atoms with Crippen LogP contribution in [0, 0.1) is 18.7 Å². The van der Waals surface area contributed by atoms with E-state index >= 15 is 0 Å². The van der Waals surface area contributed by atoms with Gasteiger partial charge in [-0.15, -0.1) is 0 Å². The predicted molar refractivity (Wildman–Crippen MR) is 95.1 cm³/mol. The van der Waals surface area contributed by atoms with E-state index in [2.05, 4.69) is 5.32 Å². The normalized spacial score (nSPS) is 18.7. The van der Waals surface area contributed by atoms with Crippen molar-refractivity contribution < 1.29 is 18.7 Å². The van der Waals surface area contributed by atoms with Gasteiger partial charge in [0, 0.05) is 38.6 Å². The quantitative estimate of drug-likeness (QED) is 0.892. The number of halogens is 1. The van der Waals surface area contributed by atoms with Gasteiger partial charge in [0.2, 0.25) is 5.91 Å². The lowest BCUT2D eigenvalue weighted by Crippen LogP contribution is -2.49. The first-order valence-corrected chi connectivity index (χ1v) is 9.19. The predicted octanol–water partition coefficient (Wildman–Crippen LogP) is 1.91. The summed E-state index contributed by atoms with van der Waals surface area (Å²) in [6.45, 7) is 5.66. The van der Waals surface area contributed by atoms with Gasteiger partial charge in [0.25, 0.3) is 0 Å². The molecule has 1 N–H and O–H groups in total. The smallest absolute Gasteiger partial charge is 0.317 e. The number of benzene rings is 1. The molecule has 0 unspecified atom stereocenters. The number of nitrogens with zero attached hydrogens (tertiary/aromatic N) is 2. The molecule has 1 aromatic rings. The first-order chi connectivity index (χ1) is 12.5. The molecule has 0 bridgehead atoms. The van der Waals surface area contributed by atoms with Gasteiger partial charge in [-0.3, -0.25) is 4.79 Å². The molecule has 0 aromatic heterocycles. The van der Waals surface area contributed by atoms with Crippen molar-refractivity contribution in [2.24, 2.45) is 5.92 Å². The number of piperidine rings is 1. The van der Waals surface area contributed by atoms with Crippen molar-refractivity contribution in [3.05, 3.63) is 35.1 Å². The molecule has 3 rings (SSSR count). The van der Waals surface area contributed by atoms with E-state index in [-0.39, 0.29) is 23.7 Å². The second-order valence-corrected chi connectivity index (χ2v) is 6.94. The van der Waals surface area contributed by atoms with Crippen molar-refractivity contribution in [1.29, 1.82) is 0 Å². The molecule has 1 aromatic carbocycles. The largest absolute Gasteiger partial charge is 0.378 e. The summed E-state index contributed by atoms with van der Waals surface area (Å²) >= 11 is 0. The number of likely N-dealkylation sites (tertiary alicyclic amines) is 1. The average Bonchev–Trinajstić information content (AvgIpc) is 2.69. The third-order valence-corrected chi connectivity index (χ3v) is 5.13. The fraction of sp³-hybridized carbons (Fsp3) is 0.579. The van der Waals surface area contributed by atoms with Crippen LogP contribution in [0.4, 0.5) is 9.18 Å². The number of hydrogen-bond donors (Lipinski definition) is 1. The summed E-state index contributed by atoms with van der Waals surface area (Å²) < 4.78 is 18.8. The van der Waals surface area contributed by atoms with E-state index in [0.717, 1.165) is 5.56 Å². The van der Waals surface area contributed by atoms with Gasteiger partial charge in [-0.2, -0.15) is 0 Å². The van der Waals surface area contributed by atoms with E-state index in [9.17, 15) is 14.0 Å². The Kier molecular flexibility index (Phi) is 6.08. The van der Waals surface area contributed by atoms with Gasteiger partial charge in [-0.05, 0) is 37.0 Å². The number of urea groups is 1. The number of ether oxygens (including phenoxy) is 1. The number of hydrogen-bond acceptors (Lipinski definition) is 3. The number of carbonyl (C=O) groups excluding carboxylic acids is 2. The van der Waals surface area contributed by atoms with Crippen LogP contribution in [0.1, 0.15) is 24.0 Å². The van der Waals surface area contributed by atoms with Gasteiger partial charge in [0.15, 0.2) is 0 Å². The second-order valence-electron chi connectivity index (χ2n) is 6.94. The molecule has 2 heterocycles. The van der Waals surface area contributed by atoms with Gasteiger partial charge >= 0.3 is 6.03 Å². The van der Waals surface area contributed by atoms with Gasteiger partial charge in [0.05, 0.1) is 13.2 Å². The summed E-state index contributed by atoms with van der Waals surface area (Å²) in [5.74, 6) is -0.0916. The monoisotopic (exact) mass is 363 g/mol. The van der Waals surface area contributed by atoms with E-state index in [1.807, 2.05) is 11.0 Å². The van der Waals surface area contributed by atoms with Crippen molar-refractivity contribution in [2.45, 2.75) is 26.3 Å². The second kappa shape index (κ2) is 8.49. The maximum atomic E-state index is 13.6. The van der Waals surface area contributed by atoms with Crippen molar-refractivity contribution in [2.75, 3.05) is 39.4 Å². The van der Waals surface area contributed by atoms with Crippen LogP contribution in [-0.4, -0.2) is 61.1 Å². The van der Waals surface area contributed by atoms with Gasteiger partial charge in [0.1, 0.15) is 5.82 Å². The molecule has 6 nitrogen and oxygen atoms in total. The summed E-state index contributed by atoms with van der Waals surface area (Å²) in [6.07, 6.45) is 1.37. The molecule has 3 amide bonds. The molecular weight excluding hydrogens is 337 g/mol. The van der Waals surface area contributed by atoms with Gasteiger partial charge < -0.3 is 19.9 Å². The first kappa shape index (κ1) is 18.6. The maximum absolute atomic E-state index is 13.6. The molecule has 142 valence electrons. The third-order valence-electron chi connectivity index (χ3n) is 5.13. The summed E-state index contributed by atoms with van der Waals surface area (Å²) in [4.78, 5) is 28.4. The molecular formula is C19H26FN3O3. The highest BCUT2D eigenvalue weighted by Gasteiger charge is 2.30. The molecule has 2 saturated heterocycles. The number of aryl methyl sites for hydroxylation is 1. The molecule has 0 saturated carbocycles. The standard InChI is InChI=1S/C19H26FN3O3/c1-14-2-3-15(12-17(14)20)13-21-19(25)23-6-4-16(5-7-23)18(24)22-8-10-26-11-9-22/h2-3,12,16H,4-11,13H2,1H3,(H,21,25). The molecule has 0 radical (unpaired) electrons. The van der Waals surface area contributed by atoms with Crippen molar-refractivity contribution in [1.82, 2.24) is 15.1 Å². The lowest BCUT2D eigenvalue weighted by molar-refractivity contribution is -0.141. The fourth-order valence-electron chi connectivity index (χ4n) is 3.41. The van der Waals surface area contributed by atoms with E-state index in [1.165, 1.54) is 6.07 Å². The molecule has 26 heavy (non-hydrogen) atoms. The summed E-state index contributed by atoms with van der Waals surface area (Å²) in [7, 11) is 0. The molecule has 2 aliphatic rings. The van der Waals surface area contributed by atoms with Crippen LogP contribution in [0.25, 0.3) is 0 Å². The Bertz CT molecular complexity index is 653. The Balaban J connectivity index is 1.44. The number of amides is 3. The Morgan fingerprint density at radius 3 is 2.50 bits per heavy atom. The van der Waals surface area contributed by atoms with Crippen LogP contribution in [0.2, 0.25) is 0 Å². The Labute approximate surface area is 153 Å². The SMILES string of the molecule is Cc1ccc(CNC(=O)N2CCC(C(=O)N3CCOCC3)CC2)cc1F. The highest BCUT2D eigenvalue weighted by molar-refractivity contribution is 5.80. The lowest BCUT2D eigenvalue weighted by Gasteiger charge is -2.35. The van der Waals surface area contributed by atoms with Crippen molar-refractivity contribution in [3.8, 4) is 0 Å². The molecule has 0 aliphatic carbocycles. The zero-order valence-corrected chi connectivity index (χ0v) is 15.2. The topological polar surface area (TPSA) is 61.9 Å². The van der Waals surface area contributed by atoms with Crippen LogP contribution >= 0.6 is 0 Å². The van der Waals surface area contributed by atoms with Crippen LogP contribution in [0.15, 0.2) is 18.2 Å². The number of morpholine rings is 1. The minimum Gasteiger partial charge on any atom is -0.378 e. The summed E-state index contributed by atoms with van der Waals surface area (Å²) in [5, 5.41) is 2.83. The van der Waals surface area contributed by atoms with Crippen molar-refractivity contribution >= 4 is 11.9 Å². The molecule has 2 fully saturated rings. The number of nitrogens with one attached hydrogen (secondary N) is 1. The zero-order valence-electron chi connectivity index (χ0n) is 15.2. The van der Waals surface area contributed by atoms with Crippen LogP contribution < -0.4 is 5.32 Å². The first-order valence-electron chi connectivity index (χ1n) is 9.19. The Morgan fingerprint density at radius 2 is 1.85 bits per heavy atom. The van der Waals surface area contributed by atoms with E-state index in [4.69, 9.17) is 4.74 Å². The van der Waals surface area contributed by atoms with Crippen molar-refractivity contribution in [3.63, 3.8) is 0 Å². The maximum Gasteiger partial charge on any atom is 0.317 e. The third kappa shape index (κ3) is 4.52. The molecule has 0 spiro atoms. The van der Waals surface area contributed by atoms with Crippen LogP contribution in [-0.2, 0) is 16.1 Å². The van der Waals surface area contributed by atoms with Crippen LogP contribution in [0.3, 0.4) is 0 Å². The van der Waals surface area contributed by atoms with Gasteiger partial charge in [-0.1, -0.05) is 12.1 Å². The lowest BCUT2D eigenvalue weighted by atomic mass is 9.95. The van der Waals surface area contributed by atoms with E-state index < -0.39 is 0 Å². The van der Waals surface area contributed by atoms with Gasteiger partial charge in [-0.25, -0.2) is 9.18 Å². The average molecular weight is 363 g/mol. The highest BCUT2D eigenvalue weighted by atomic mass is 19.1. The fourth-order valence-corrected chi connectivity index (χ4v) is 3.41. The molecule has 7 heteroatoms. The minimum atomic E-state index is -0.265. The minimum absolute atomic E-state index is 0.0108. The Morgan fingerprint density at radius 1 is 1.15 bits per heavy atom. The summed E-state index contributed by atoms with van der Waals surface area (Å²) in [6, 6.07) is 4.80. The summed E-state index contributed by atoms with van der Waals surface area (Å²) in [5.41, 5.74) is 1.32. The molecule has 2 aliphatic heterocycles. The van der Waals surface area contributed by atoms with Crippen LogP contribution in [0.5, 0.6) is 0 Å². The van der Waals surface area contributed by atoms with E-state index in [1.54, 1.807) is 17.9 Å². The number of rotatable bonds is 3. The highest BCUT2D eigenvalue weighted by Crippen LogP contribution is 2.20. The molecule has 0 atom stereocenters. The number of carbonyl (C=O) groups is 2. The Hall–Kier alpha value is -2.15.